The molecule has 3 rings (SSSR count). The summed E-state index contributed by atoms with van der Waals surface area (Å²) < 4.78 is 0. The van der Waals surface area contributed by atoms with Crippen LogP contribution >= 0.6 is 0 Å². The number of benzene rings is 3. The Morgan fingerprint density at radius 2 is 1.52 bits per heavy atom. The minimum atomic E-state index is -0.550. The van der Waals surface area contributed by atoms with E-state index in [4.69, 9.17) is 5.21 Å². The van der Waals surface area contributed by atoms with Crippen LogP contribution in [0, 0.1) is 6.92 Å². The van der Waals surface area contributed by atoms with Gasteiger partial charge in [-0.15, -0.1) is 0 Å². The first-order valence-electron chi connectivity index (χ1n) is 8.06. The summed E-state index contributed by atoms with van der Waals surface area (Å²) in [6.07, 6.45) is 3.01. The minimum absolute atomic E-state index is 0.550. The first-order valence-corrected chi connectivity index (χ1v) is 8.06. The van der Waals surface area contributed by atoms with Crippen LogP contribution in [0.4, 0.5) is 0 Å². The monoisotopic (exact) mass is 329 g/mol. The Balaban J connectivity index is 1.97. The summed E-state index contributed by atoms with van der Waals surface area (Å²) in [7, 11) is 0. The predicted molar refractivity (Wildman–Crippen MR) is 101 cm³/mol. The first-order chi connectivity index (χ1) is 12.2. The van der Waals surface area contributed by atoms with E-state index in [9.17, 15) is 4.79 Å². The van der Waals surface area contributed by atoms with Gasteiger partial charge in [-0.1, -0.05) is 78.4 Å². The van der Waals surface area contributed by atoms with Crippen molar-refractivity contribution >= 4 is 12.0 Å². The summed E-state index contributed by atoms with van der Waals surface area (Å²) in [6, 6.07) is 24.7. The van der Waals surface area contributed by atoms with Crippen LogP contribution in [0.25, 0.3) is 28.3 Å². The summed E-state index contributed by atoms with van der Waals surface area (Å²) in [6.45, 7) is 2.04. The molecule has 0 bridgehead atoms. The van der Waals surface area contributed by atoms with E-state index in [1.807, 2.05) is 37.3 Å². The van der Waals surface area contributed by atoms with Crippen molar-refractivity contribution in [3.8, 4) is 22.3 Å². The zero-order valence-corrected chi connectivity index (χ0v) is 13.9. The molecule has 1 amide bonds. The summed E-state index contributed by atoms with van der Waals surface area (Å²) in [4.78, 5) is 11.3. The number of carbonyl (C=O) groups excluding carboxylic acids is 1. The second-order valence-corrected chi connectivity index (χ2v) is 5.84. The molecule has 0 radical (unpaired) electrons. The molecule has 3 aromatic rings. The minimum Gasteiger partial charge on any atom is -0.288 e. The van der Waals surface area contributed by atoms with Gasteiger partial charge in [0.25, 0.3) is 5.91 Å². The smallest absolute Gasteiger partial charge is 0.267 e. The molecule has 0 heterocycles. The van der Waals surface area contributed by atoms with Crippen LogP contribution in [0.5, 0.6) is 0 Å². The molecule has 0 fully saturated rings. The summed E-state index contributed by atoms with van der Waals surface area (Å²) >= 11 is 0. The van der Waals surface area contributed by atoms with Gasteiger partial charge in [-0.05, 0) is 40.8 Å². The quantitative estimate of drug-likeness (QED) is 0.408. The molecule has 3 nitrogen and oxygen atoms in total. The van der Waals surface area contributed by atoms with Gasteiger partial charge in [-0.3, -0.25) is 10.0 Å². The lowest BCUT2D eigenvalue weighted by atomic mass is 9.95. The normalized spacial score (nSPS) is 10.8. The number of hydrogen-bond donors (Lipinski definition) is 2. The van der Waals surface area contributed by atoms with Crippen molar-refractivity contribution < 1.29 is 10.0 Å². The van der Waals surface area contributed by atoms with E-state index < -0.39 is 5.91 Å². The molecular weight excluding hydrogens is 310 g/mol. The molecular formula is C22H19NO2. The van der Waals surface area contributed by atoms with E-state index in [1.165, 1.54) is 11.6 Å². The van der Waals surface area contributed by atoms with Crippen molar-refractivity contribution in [2.45, 2.75) is 6.92 Å². The number of nitrogens with one attached hydrogen (secondary N) is 1. The van der Waals surface area contributed by atoms with Crippen molar-refractivity contribution in [2.24, 2.45) is 0 Å². The van der Waals surface area contributed by atoms with Crippen LogP contribution in [0.15, 0.2) is 78.9 Å². The standard InChI is InChI=1S/C22H19NO2/c1-16-7-8-19(13-14-22(24)23-25)21(15-16)20-11-9-18(10-12-20)17-5-3-2-4-6-17/h2-15,25H,1H3,(H,23,24)/b14-13+. The highest BCUT2D eigenvalue weighted by molar-refractivity contribution is 5.92. The van der Waals surface area contributed by atoms with Crippen LogP contribution in [0.3, 0.4) is 0 Å². The molecule has 0 aliphatic rings. The molecule has 0 atom stereocenters. The lowest BCUT2D eigenvalue weighted by Crippen LogP contribution is -2.14. The average Bonchev–Trinajstić information content (AvgIpc) is 2.67. The topological polar surface area (TPSA) is 49.3 Å². The first kappa shape index (κ1) is 16.7. The summed E-state index contributed by atoms with van der Waals surface area (Å²) in [5.74, 6) is -0.550. The van der Waals surface area contributed by atoms with Gasteiger partial charge in [-0.2, -0.15) is 0 Å². The van der Waals surface area contributed by atoms with Crippen molar-refractivity contribution in [3.63, 3.8) is 0 Å². The Bertz CT molecular complexity index is 897. The molecule has 0 saturated heterocycles. The Labute approximate surface area is 147 Å². The third kappa shape index (κ3) is 4.03. The highest BCUT2D eigenvalue weighted by Gasteiger charge is 2.05. The average molecular weight is 329 g/mol. The zero-order valence-electron chi connectivity index (χ0n) is 13.9. The predicted octanol–water partition coefficient (Wildman–Crippen LogP) is 4.85. The van der Waals surface area contributed by atoms with Gasteiger partial charge >= 0.3 is 0 Å². The van der Waals surface area contributed by atoms with Gasteiger partial charge in [-0.25, -0.2) is 5.48 Å². The van der Waals surface area contributed by atoms with Crippen molar-refractivity contribution in [2.75, 3.05) is 0 Å². The molecule has 0 spiro atoms. The fourth-order valence-electron chi connectivity index (χ4n) is 2.74. The third-order valence-corrected chi connectivity index (χ3v) is 4.04. The molecule has 3 aromatic carbocycles. The highest BCUT2D eigenvalue weighted by Crippen LogP contribution is 2.28. The number of aryl methyl sites for hydroxylation is 1. The Morgan fingerprint density at radius 1 is 0.880 bits per heavy atom. The Morgan fingerprint density at radius 3 is 2.20 bits per heavy atom. The molecule has 0 unspecified atom stereocenters. The number of hydrogen-bond acceptors (Lipinski definition) is 2. The number of amides is 1. The van der Waals surface area contributed by atoms with Gasteiger partial charge in [0.2, 0.25) is 0 Å². The van der Waals surface area contributed by atoms with E-state index in [2.05, 4.69) is 42.5 Å². The Kier molecular flexibility index (Phi) is 5.07. The molecule has 0 aliphatic carbocycles. The maximum atomic E-state index is 11.3. The molecule has 0 saturated carbocycles. The maximum Gasteiger partial charge on any atom is 0.267 e. The fraction of sp³-hybridized carbons (Fsp3) is 0.0455. The van der Waals surface area contributed by atoms with Crippen molar-refractivity contribution in [1.82, 2.24) is 5.48 Å². The van der Waals surface area contributed by atoms with Gasteiger partial charge in [0.1, 0.15) is 0 Å². The number of carbonyl (C=O) groups is 1. The van der Waals surface area contributed by atoms with Gasteiger partial charge < -0.3 is 0 Å². The van der Waals surface area contributed by atoms with Gasteiger partial charge in [0.15, 0.2) is 0 Å². The van der Waals surface area contributed by atoms with E-state index >= 15 is 0 Å². The molecule has 0 aromatic heterocycles. The lowest BCUT2D eigenvalue weighted by Gasteiger charge is -2.09. The van der Waals surface area contributed by atoms with Crippen LogP contribution in [-0.2, 0) is 4.79 Å². The SMILES string of the molecule is Cc1ccc(/C=C/C(=O)NO)c(-c2ccc(-c3ccccc3)cc2)c1. The van der Waals surface area contributed by atoms with Crippen LogP contribution in [0.1, 0.15) is 11.1 Å². The zero-order chi connectivity index (χ0) is 17.6. The van der Waals surface area contributed by atoms with E-state index in [0.29, 0.717) is 0 Å². The van der Waals surface area contributed by atoms with Crippen LogP contribution < -0.4 is 5.48 Å². The van der Waals surface area contributed by atoms with Gasteiger partial charge in [0.05, 0.1) is 0 Å². The third-order valence-electron chi connectivity index (χ3n) is 4.04. The summed E-state index contributed by atoms with van der Waals surface area (Å²) in [5.41, 5.74) is 8.13. The highest BCUT2D eigenvalue weighted by atomic mass is 16.5. The van der Waals surface area contributed by atoms with Crippen molar-refractivity contribution in [3.05, 3.63) is 90.0 Å². The largest absolute Gasteiger partial charge is 0.288 e. The lowest BCUT2D eigenvalue weighted by molar-refractivity contribution is -0.124. The molecule has 3 heteroatoms. The van der Waals surface area contributed by atoms with E-state index in [0.717, 1.165) is 27.8 Å². The maximum absolute atomic E-state index is 11.3. The molecule has 124 valence electrons. The van der Waals surface area contributed by atoms with Crippen molar-refractivity contribution in [1.29, 1.82) is 0 Å². The van der Waals surface area contributed by atoms with E-state index in [-0.39, 0.29) is 0 Å². The van der Waals surface area contributed by atoms with Crippen LogP contribution in [-0.4, -0.2) is 11.1 Å². The second kappa shape index (κ2) is 7.60. The number of hydroxylamine groups is 1. The molecule has 2 N–H and O–H groups in total. The van der Waals surface area contributed by atoms with Gasteiger partial charge in [0, 0.05) is 6.08 Å². The van der Waals surface area contributed by atoms with Crippen LogP contribution in [0.2, 0.25) is 0 Å². The summed E-state index contributed by atoms with van der Waals surface area (Å²) in [5, 5.41) is 8.63. The Hall–Kier alpha value is -3.17. The fourth-order valence-corrected chi connectivity index (χ4v) is 2.74. The molecule has 0 aliphatic heterocycles. The van der Waals surface area contributed by atoms with E-state index in [1.54, 1.807) is 11.6 Å². The second-order valence-electron chi connectivity index (χ2n) is 5.84. The number of rotatable bonds is 4. The molecule has 25 heavy (non-hydrogen) atoms.